The molecular weight excluding hydrogens is 208 g/mol. The zero-order valence-electron chi connectivity index (χ0n) is 9.45. The highest BCUT2D eigenvalue weighted by Gasteiger charge is 2.07. The van der Waals surface area contributed by atoms with Gasteiger partial charge in [0.25, 0.3) is 5.91 Å². The maximum Gasteiger partial charge on any atom is 0.251 e. The molecule has 5 heteroatoms. The molecule has 0 fully saturated rings. The molecule has 0 bridgehead atoms. The van der Waals surface area contributed by atoms with Gasteiger partial charge in [0.2, 0.25) is 0 Å². The minimum atomic E-state index is -0.192. The predicted octanol–water partition coefficient (Wildman–Crippen LogP) is 0.654. The van der Waals surface area contributed by atoms with Crippen LogP contribution in [0.2, 0.25) is 0 Å². The molecule has 0 spiro atoms. The number of nitrogen functional groups attached to an aromatic ring is 1. The minimum Gasteiger partial charge on any atom is -0.497 e. The topological polar surface area (TPSA) is 73.6 Å². The first-order chi connectivity index (χ1) is 7.67. The van der Waals surface area contributed by atoms with Crippen LogP contribution in [0.1, 0.15) is 10.4 Å². The molecule has 0 aliphatic rings. The number of hydrogen-bond acceptors (Lipinski definition) is 4. The maximum absolute atomic E-state index is 11.7. The van der Waals surface area contributed by atoms with Crippen LogP contribution in [0.3, 0.4) is 0 Å². The van der Waals surface area contributed by atoms with E-state index in [1.54, 1.807) is 25.3 Å². The van der Waals surface area contributed by atoms with Crippen molar-refractivity contribution in [2.75, 3.05) is 33.1 Å². The SMILES string of the molecule is COCCNC(=O)c1cc(N)cc(OC)c1. The highest BCUT2D eigenvalue weighted by atomic mass is 16.5. The lowest BCUT2D eigenvalue weighted by Gasteiger charge is -2.07. The Hall–Kier alpha value is -1.75. The van der Waals surface area contributed by atoms with Crippen LogP contribution >= 0.6 is 0 Å². The van der Waals surface area contributed by atoms with E-state index in [0.29, 0.717) is 30.2 Å². The third-order valence-electron chi connectivity index (χ3n) is 2.02. The first-order valence-electron chi connectivity index (χ1n) is 4.89. The van der Waals surface area contributed by atoms with Crippen molar-refractivity contribution in [1.29, 1.82) is 0 Å². The molecule has 5 nitrogen and oxygen atoms in total. The first kappa shape index (κ1) is 12.3. The number of methoxy groups -OCH3 is 2. The summed E-state index contributed by atoms with van der Waals surface area (Å²) in [6, 6.07) is 4.90. The molecule has 0 unspecified atom stereocenters. The van der Waals surface area contributed by atoms with Gasteiger partial charge in [0, 0.05) is 31.0 Å². The molecule has 0 aliphatic heterocycles. The Kier molecular flexibility index (Phi) is 4.60. The van der Waals surface area contributed by atoms with Gasteiger partial charge in [-0.1, -0.05) is 0 Å². The lowest BCUT2D eigenvalue weighted by Crippen LogP contribution is -2.27. The van der Waals surface area contributed by atoms with Crippen molar-refractivity contribution >= 4 is 11.6 Å². The number of nitrogens with two attached hydrogens (primary N) is 1. The van der Waals surface area contributed by atoms with Crippen LogP contribution in [0.15, 0.2) is 18.2 Å². The van der Waals surface area contributed by atoms with E-state index in [1.165, 1.54) is 7.11 Å². The Morgan fingerprint density at radius 1 is 1.38 bits per heavy atom. The lowest BCUT2D eigenvalue weighted by molar-refractivity contribution is 0.0937. The molecule has 1 aromatic carbocycles. The summed E-state index contributed by atoms with van der Waals surface area (Å²) in [4.78, 5) is 11.7. The second-order valence-electron chi connectivity index (χ2n) is 3.24. The van der Waals surface area contributed by atoms with Gasteiger partial charge in [0.1, 0.15) is 5.75 Å². The van der Waals surface area contributed by atoms with Crippen molar-refractivity contribution in [1.82, 2.24) is 5.32 Å². The number of ether oxygens (including phenoxy) is 2. The fraction of sp³-hybridized carbons (Fsp3) is 0.364. The second kappa shape index (κ2) is 5.97. The summed E-state index contributed by atoms with van der Waals surface area (Å²) >= 11 is 0. The molecule has 0 saturated heterocycles. The van der Waals surface area contributed by atoms with Crippen LogP contribution in [0.5, 0.6) is 5.75 Å². The fourth-order valence-corrected chi connectivity index (χ4v) is 1.24. The highest BCUT2D eigenvalue weighted by Crippen LogP contribution is 2.18. The van der Waals surface area contributed by atoms with Crippen LogP contribution in [-0.2, 0) is 4.74 Å². The van der Waals surface area contributed by atoms with E-state index >= 15 is 0 Å². The van der Waals surface area contributed by atoms with Crippen molar-refractivity contribution in [2.24, 2.45) is 0 Å². The largest absolute Gasteiger partial charge is 0.497 e. The van der Waals surface area contributed by atoms with Gasteiger partial charge in [-0.05, 0) is 12.1 Å². The van der Waals surface area contributed by atoms with Crippen molar-refractivity contribution in [3.05, 3.63) is 23.8 Å². The molecule has 1 amide bonds. The van der Waals surface area contributed by atoms with Gasteiger partial charge in [-0.25, -0.2) is 0 Å². The number of carbonyl (C=O) groups is 1. The van der Waals surface area contributed by atoms with Gasteiger partial charge in [-0.3, -0.25) is 4.79 Å². The zero-order chi connectivity index (χ0) is 12.0. The van der Waals surface area contributed by atoms with E-state index in [2.05, 4.69) is 5.32 Å². The van der Waals surface area contributed by atoms with Gasteiger partial charge in [0.05, 0.1) is 13.7 Å². The fourth-order valence-electron chi connectivity index (χ4n) is 1.24. The summed E-state index contributed by atoms with van der Waals surface area (Å²) in [5.41, 5.74) is 6.62. The number of hydrogen-bond donors (Lipinski definition) is 2. The minimum absolute atomic E-state index is 0.192. The van der Waals surface area contributed by atoms with E-state index < -0.39 is 0 Å². The van der Waals surface area contributed by atoms with Crippen LogP contribution in [-0.4, -0.2) is 33.3 Å². The number of nitrogens with one attached hydrogen (secondary N) is 1. The number of rotatable bonds is 5. The van der Waals surface area contributed by atoms with E-state index in [-0.39, 0.29) is 5.91 Å². The van der Waals surface area contributed by atoms with Crippen molar-refractivity contribution in [2.45, 2.75) is 0 Å². The third-order valence-corrected chi connectivity index (χ3v) is 2.02. The molecule has 0 atom stereocenters. The number of carbonyl (C=O) groups excluding carboxylic acids is 1. The zero-order valence-corrected chi connectivity index (χ0v) is 9.45. The Bertz CT molecular complexity index is 366. The summed E-state index contributed by atoms with van der Waals surface area (Å²) in [7, 11) is 3.11. The molecular formula is C11H16N2O3. The van der Waals surface area contributed by atoms with E-state index in [0.717, 1.165) is 0 Å². The summed E-state index contributed by atoms with van der Waals surface area (Å²) < 4.78 is 9.86. The standard InChI is InChI=1S/C11H16N2O3/c1-15-4-3-13-11(14)8-5-9(12)7-10(6-8)16-2/h5-7H,3-4,12H2,1-2H3,(H,13,14). The van der Waals surface area contributed by atoms with E-state index in [4.69, 9.17) is 15.2 Å². The quantitative estimate of drug-likeness (QED) is 0.569. The predicted molar refractivity (Wildman–Crippen MR) is 61.6 cm³/mol. The molecule has 1 aromatic rings. The molecule has 0 heterocycles. The van der Waals surface area contributed by atoms with Crippen molar-refractivity contribution in [3.8, 4) is 5.75 Å². The monoisotopic (exact) mass is 224 g/mol. The third kappa shape index (κ3) is 3.43. The van der Waals surface area contributed by atoms with Gasteiger partial charge in [-0.2, -0.15) is 0 Å². The molecule has 88 valence electrons. The van der Waals surface area contributed by atoms with Crippen molar-refractivity contribution in [3.63, 3.8) is 0 Å². The normalized spacial score (nSPS) is 9.88. The molecule has 16 heavy (non-hydrogen) atoms. The van der Waals surface area contributed by atoms with E-state index in [9.17, 15) is 4.79 Å². The summed E-state index contributed by atoms with van der Waals surface area (Å²) in [6.45, 7) is 0.942. The van der Waals surface area contributed by atoms with Gasteiger partial charge in [-0.15, -0.1) is 0 Å². The van der Waals surface area contributed by atoms with Gasteiger partial charge in [0.15, 0.2) is 0 Å². The van der Waals surface area contributed by atoms with Crippen LogP contribution < -0.4 is 15.8 Å². The Morgan fingerprint density at radius 3 is 2.75 bits per heavy atom. The molecule has 3 N–H and O–H groups in total. The Morgan fingerprint density at radius 2 is 2.12 bits per heavy atom. The molecule has 0 saturated carbocycles. The smallest absolute Gasteiger partial charge is 0.251 e. The lowest BCUT2D eigenvalue weighted by atomic mass is 10.2. The van der Waals surface area contributed by atoms with Crippen LogP contribution in [0.4, 0.5) is 5.69 Å². The molecule has 0 aliphatic carbocycles. The summed E-state index contributed by atoms with van der Waals surface area (Å²) in [5, 5.41) is 2.70. The molecule has 0 aromatic heterocycles. The van der Waals surface area contributed by atoms with Crippen molar-refractivity contribution < 1.29 is 14.3 Å². The first-order valence-corrected chi connectivity index (χ1v) is 4.89. The summed E-state index contributed by atoms with van der Waals surface area (Å²) in [6.07, 6.45) is 0. The van der Waals surface area contributed by atoms with Crippen LogP contribution in [0, 0.1) is 0 Å². The summed E-state index contributed by atoms with van der Waals surface area (Å²) in [5.74, 6) is 0.375. The number of benzene rings is 1. The maximum atomic E-state index is 11.7. The van der Waals surface area contributed by atoms with E-state index in [1.807, 2.05) is 0 Å². The van der Waals surface area contributed by atoms with Gasteiger partial charge >= 0.3 is 0 Å². The molecule has 0 radical (unpaired) electrons. The van der Waals surface area contributed by atoms with Crippen LogP contribution in [0.25, 0.3) is 0 Å². The number of anilines is 1. The van der Waals surface area contributed by atoms with Gasteiger partial charge < -0.3 is 20.5 Å². The second-order valence-corrected chi connectivity index (χ2v) is 3.24. The average molecular weight is 224 g/mol. The number of amides is 1. The molecule has 1 rings (SSSR count). The Labute approximate surface area is 94.5 Å². The average Bonchev–Trinajstić information content (AvgIpc) is 2.28. The highest BCUT2D eigenvalue weighted by molar-refractivity contribution is 5.95. The Balaban J connectivity index is 2.71.